The van der Waals surface area contributed by atoms with Crippen LogP contribution >= 0.6 is 34.0 Å². The molecule has 0 spiro atoms. The molecule has 1 unspecified atom stereocenters. The van der Waals surface area contributed by atoms with Crippen molar-refractivity contribution in [3.8, 4) is 0 Å². The third-order valence-electron chi connectivity index (χ3n) is 2.84. The summed E-state index contributed by atoms with van der Waals surface area (Å²) in [7, 11) is 2.05. The molecule has 88 valence electrons. The molecule has 0 aliphatic rings. The maximum Gasteiger partial charge on any atom is 0.0461 e. The van der Waals surface area contributed by atoms with Crippen molar-refractivity contribution in [1.29, 1.82) is 0 Å². The van der Waals surface area contributed by atoms with E-state index in [4.69, 9.17) is 0 Å². The summed E-state index contributed by atoms with van der Waals surface area (Å²) in [5, 5.41) is 7.74. The molecule has 0 saturated carbocycles. The molecule has 0 aromatic carbocycles. The molecule has 0 amide bonds. The Labute approximate surface area is 113 Å². The van der Waals surface area contributed by atoms with Gasteiger partial charge in [0.05, 0.1) is 0 Å². The first kappa shape index (κ1) is 11.4. The molecule has 3 heterocycles. The van der Waals surface area contributed by atoms with E-state index in [2.05, 4.69) is 40.3 Å². The predicted octanol–water partition coefficient (Wildman–Crippen LogP) is 4.53. The van der Waals surface area contributed by atoms with Crippen LogP contribution in [-0.2, 0) is 6.42 Å². The van der Waals surface area contributed by atoms with Crippen molar-refractivity contribution in [2.75, 3.05) is 7.05 Å². The SMILES string of the molecule is CNC(Cc1cccs1)c1cc2sccc2s1. The highest BCUT2D eigenvalue weighted by Crippen LogP contribution is 2.34. The summed E-state index contributed by atoms with van der Waals surface area (Å²) in [5.41, 5.74) is 0. The van der Waals surface area contributed by atoms with E-state index in [1.807, 2.05) is 41.1 Å². The number of hydrogen-bond donors (Lipinski definition) is 1. The summed E-state index contributed by atoms with van der Waals surface area (Å²) in [4.78, 5) is 2.89. The lowest BCUT2D eigenvalue weighted by Crippen LogP contribution is -2.17. The average molecular weight is 279 g/mol. The van der Waals surface area contributed by atoms with Gasteiger partial charge in [0.1, 0.15) is 0 Å². The van der Waals surface area contributed by atoms with Gasteiger partial charge in [-0.3, -0.25) is 0 Å². The van der Waals surface area contributed by atoms with E-state index in [1.165, 1.54) is 19.2 Å². The van der Waals surface area contributed by atoms with Crippen molar-refractivity contribution in [3.05, 3.63) is 44.8 Å². The van der Waals surface area contributed by atoms with E-state index >= 15 is 0 Å². The molecule has 1 atom stereocenters. The minimum atomic E-state index is 0.443. The second-order valence-electron chi connectivity index (χ2n) is 3.92. The van der Waals surface area contributed by atoms with Crippen LogP contribution in [0.2, 0.25) is 0 Å². The van der Waals surface area contributed by atoms with Crippen LogP contribution in [0, 0.1) is 0 Å². The number of nitrogens with one attached hydrogen (secondary N) is 1. The third kappa shape index (κ3) is 2.31. The van der Waals surface area contributed by atoms with Crippen molar-refractivity contribution in [2.45, 2.75) is 12.5 Å². The molecule has 4 heteroatoms. The van der Waals surface area contributed by atoms with Gasteiger partial charge in [0.15, 0.2) is 0 Å². The second kappa shape index (κ2) is 4.90. The Morgan fingerprint density at radius 1 is 1.18 bits per heavy atom. The molecule has 17 heavy (non-hydrogen) atoms. The quantitative estimate of drug-likeness (QED) is 0.740. The molecule has 0 fully saturated rings. The molecular weight excluding hydrogens is 266 g/mol. The fraction of sp³-hybridized carbons (Fsp3) is 0.231. The molecule has 0 radical (unpaired) electrons. The minimum Gasteiger partial charge on any atom is -0.312 e. The number of rotatable bonds is 4. The molecule has 3 aromatic heterocycles. The van der Waals surface area contributed by atoms with Crippen molar-refractivity contribution in [1.82, 2.24) is 5.32 Å². The van der Waals surface area contributed by atoms with E-state index in [-0.39, 0.29) is 0 Å². The van der Waals surface area contributed by atoms with Crippen LogP contribution in [0.4, 0.5) is 0 Å². The van der Waals surface area contributed by atoms with Crippen LogP contribution < -0.4 is 5.32 Å². The number of thiophene rings is 3. The minimum absolute atomic E-state index is 0.443. The van der Waals surface area contributed by atoms with Crippen molar-refractivity contribution < 1.29 is 0 Å². The molecule has 3 aromatic rings. The monoisotopic (exact) mass is 279 g/mol. The first-order chi connectivity index (χ1) is 8.36. The maximum absolute atomic E-state index is 3.43. The summed E-state index contributed by atoms with van der Waals surface area (Å²) in [5.74, 6) is 0. The highest BCUT2D eigenvalue weighted by molar-refractivity contribution is 7.27. The topological polar surface area (TPSA) is 12.0 Å². The van der Waals surface area contributed by atoms with Gasteiger partial charge >= 0.3 is 0 Å². The van der Waals surface area contributed by atoms with Gasteiger partial charge < -0.3 is 5.32 Å². The zero-order valence-electron chi connectivity index (χ0n) is 9.47. The smallest absolute Gasteiger partial charge is 0.0461 e. The van der Waals surface area contributed by atoms with Crippen molar-refractivity contribution >= 4 is 43.4 Å². The Kier molecular flexibility index (Phi) is 3.29. The van der Waals surface area contributed by atoms with Crippen LogP contribution in [0.25, 0.3) is 9.40 Å². The third-order valence-corrected chi connectivity index (χ3v) is 5.94. The maximum atomic E-state index is 3.43. The summed E-state index contributed by atoms with van der Waals surface area (Å²) < 4.78 is 2.83. The lowest BCUT2D eigenvalue weighted by molar-refractivity contribution is 0.607. The highest BCUT2D eigenvalue weighted by atomic mass is 32.1. The highest BCUT2D eigenvalue weighted by Gasteiger charge is 2.14. The van der Waals surface area contributed by atoms with Gasteiger partial charge in [-0.15, -0.1) is 34.0 Å². The van der Waals surface area contributed by atoms with Gasteiger partial charge in [-0.25, -0.2) is 0 Å². The Morgan fingerprint density at radius 3 is 2.82 bits per heavy atom. The van der Waals surface area contributed by atoms with E-state index < -0.39 is 0 Å². The fourth-order valence-electron chi connectivity index (χ4n) is 1.93. The Balaban J connectivity index is 1.87. The average Bonchev–Trinajstić information content (AvgIpc) is 3.01. The zero-order chi connectivity index (χ0) is 11.7. The Hall–Kier alpha value is -0.680. The Bertz CT molecular complexity index is 563. The van der Waals surface area contributed by atoms with E-state index in [9.17, 15) is 0 Å². The molecule has 0 aliphatic carbocycles. The summed E-state index contributed by atoms with van der Waals surface area (Å²) in [6.45, 7) is 0. The van der Waals surface area contributed by atoms with Crippen LogP contribution in [0.1, 0.15) is 15.8 Å². The standard InChI is InChI=1S/C13H13NS3/c1-14-10(7-9-3-2-5-15-9)12-8-13-11(17-12)4-6-16-13/h2-6,8,10,14H,7H2,1H3. The zero-order valence-corrected chi connectivity index (χ0v) is 11.9. The first-order valence-electron chi connectivity index (χ1n) is 5.53. The van der Waals surface area contributed by atoms with Crippen molar-refractivity contribution in [3.63, 3.8) is 0 Å². The number of likely N-dealkylation sites (N-methyl/N-ethyl adjacent to an activating group) is 1. The molecular formula is C13H13NS3. The van der Waals surface area contributed by atoms with Gasteiger partial charge in [-0.1, -0.05) is 6.07 Å². The van der Waals surface area contributed by atoms with Gasteiger partial charge in [-0.2, -0.15) is 0 Å². The summed E-state index contributed by atoms with van der Waals surface area (Å²) in [6, 6.07) is 9.33. The first-order valence-corrected chi connectivity index (χ1v) is 8.11. The van der Waals surface area contributed by atoms with Crippen LogP contribution in [-0.4, -0.2) is 7.05 Å². The van der Waals surface area contributed by atoms with Crippen LogP contribution in [0.15, 0.2) is 35.0 Å². The normalized spacial score (nSPS) is 13.2. The number of hydrogen-bond acceptors (Lipinski definition) is 4. The molecule has 0 bridgehead atoms. The summed E-state index contributed by atoms with van der Waals surface area (Å²) in [6.07, 6.45) is 1.09. The van der Waals surface area contributed by atoms with Gasteiger partial charge in [-0.05, 0) is 36.0 Å². The molecule has 1 N–H and O–H groups in total. The number of fused-ring (bicyclic) bond motifs is 1. The van der Waals surface area contributed by atoms with E-state index in [1.54, 1.807) is 0 Å². The largest absolute Gasteiger partial charge is 0.312 e. The molecule has 1 nitrogen and oxygen atoms in total. The molecule has 0 saturated heterocycles. The second-order valence-corrected chi connectivity index (χ2v) is 7.02. The van der Waals surface area contributed by atoms with Gasteiger partial charge in [0.25, 0.3) is 0 Å². The van der Waals surface area contributed by atoms with E-state index in [0.29, 0.717) is 6.04 Å². The molecule has 3 rings (SSSR count). The molecule has 0 aliphatic heterocycles. The van der Waals surface area contributed by atoms with E-state index in [0.717, 1.165) is 6.42 Å². The lowest BCUT2D eigenvalue weighted by Gasteiger charge is -2.12. The van der Waals surface area contributed by atoms with Gasteiger partial charge in [0, 0.05) is 31.6 Å². The van der Waals surface area contributed by atoms with Crippen LogP contribution in [0.5, 0.6) is 0 Å². The van der Waals surface area contributed by atoms with Crippen molar-refractivity contribution in [2.24, 2.45) is 0 Å². The predicted molar refractivity (Wildman–Crippen MR) is 79.5 cm³/mol. The van der Waals surface area contributed by atoms with Gasteiger partial charge in [0.2, 0.25) is 0 Å². The fourth-order valence-corrected chi connectivity index (χ4v) is 4.91. The van der Waals surface area contributed by atoms with Crippen LogP contribution in [0.3, 0.4) is 0 Å². The summed E-state index contributed by atoms with van der Waals surface area (Å²) >= 11 is 5.58. The lowest BCUT2D eigenvalue weighted by atomic mass is 10.1. The Morgan fingerprint density at radius 2 is 2.12 bits per heavy atom.